The molecule has 2 heteroatoms. The molecular weight excluding hydrogens is 246 g/mol. The molecule has 0 heterocycles. The van der Waals surface area contributed by atoms with Gasteiger partial charge < -0.3 is 5.32 Å². The fourth-order valence-corrected chi connectivity index (χ4v) is 1.92. The van der Waals surface area contributed by atoms with E-state index in [4.69, 9.17) is 0 Å². The molecule has 0 atom stereocenters. The van der Waals surface area contributed by atoms with Gasteiger partial charge in [0.2, 0.25) is 0 Å². The van der Waals surface area contributed by atoms with Crippen molar-refractivity contribution in [1.29, 1.82) is 0 Å². The molecule has 2 aromatic carbocycles. The maximum absolute atomic E-state index is 12.2. The second-order valence-electron chi connectivity index (χ2n) is 4.60. The number of rotatable bonds is 5. The van der Waals surface area contributed by atoms with E-state index < -0.39 is 0 Å². The van der Waals surface area contributed by atoms with E-state index >= 15 is 0 Å². The summed E-state index contributed by atoms with van der Waals surface area (Å²) in [4.78, 5) is 12.2. The molecule has 0 unspecified atom stereocenters. The van der Waals surface area contributed by atoms with Gasteiger partial charge in [0.1, 0.15) is 0 Å². The quantitative estimate of drug-likeness (QED) is 0.830. The van der Waals surface area contributed by atoms with Crippen molar-refractivity contribution in [1.82, 2.24) is 0 Å². The molecule has 0 aliphatic rings. The van der Waals surface area contributed by atoms with Crippen molar-refractivity contribution in [2.24, 2.45) is 0 Å². The maximum atomic E-state index is 12.2. The van der Waals surface area contributed by atoms with Crippen molar-refractivity contribution in [3.63, 3.8) is 0 Å². The van der Waals surface area contributed by atoms with Crippen molar-refractivity contribution < 1.29 is 4.79 Å². The van der Waals surface area contributed by atoms with Crippen LogP contribution >= 0.6 is 0 Å². The van der Waals surface area contributed by atoms with E-state index in [1.807, 2.05) is 54.6 Å². The molecule has 0 fully saturated rings. The highest BCUT2D eigenvalue weighted by Crippen LogP contribution is 2.18. The molecule has 2 rings (SSSR count). The molecule has 0 aliphatic heterocycles. The summed E-state index contributed by atoms with van der Waals surface area (Å²) in [5, 5.41) is 2.96. The number of allylic oxidation sites excluding steroid dienone is 1. The van der Waals surface area contributed by atoms with E-state index in [2.05, 4.69) is 24.4 Å². The van der Waals surface area contributed by atoms with Crippen LogP contribution in [0.2, 0.25) is 0 Å². The summed E-state index contributed by atoms with van der Waals surface area (Å²) in [5.74, 6) is -0.0815. The third-order valence-electron chi connectivity index (χ3n) is 3.00. The molecule has 102 valence electrons. The van der Waals surface area contributed by atoms with Gasteiger partial charge in [-0.25, -0.2) is 0 Å². The number of anilines is 1. The second kappa shape index (κ2) is 7.29. The van der Waals surface area contributed by atoms with Crippen molar-refractivity contribution >= 4 is 17.7 Å². The highest BCUT2D eigenvalue weighted by atomic mass is 16.1. The first kappa shape index (κ1) is 14.1. The summed E-state index contributed by atoms with van der Waals surface area (Å²) < 4.78 is 0. The molecule has 0 saturated carbocycles. The Kier molecular flexibility index (Phi) is 5.13. The molecule has 2 nitrogen and oxygen atoms in total. The minimum Gasteiger partial charge on any atom is -0.321 e. The smallest absolute Gasteiger partial charge is 0.255 e. The normalized spacial score (nSPS) is 10.7. The van der Waals surface area contributed by atoms with E-state index in [1.165, 1.54) is 0 Å². The van der Waals surface area contributed by atoms with E-state index in [-0.39, 0.29) is 5.91 Å². The number of benzene rings is 2. The molecule has 0 radical (unpaired) electrons. The van der Waals surface area contributed by atoms with Crippen LogP contribution in [-0.2, 0) is 0 Å². The van der Waals surface area contributed by atoms with Crippen LogP contribution in [0.4, 0.5) is 5.69 Å². The maximum Gasteiger partial charge on any atom is 0.255 e. The van der Waals surface area contributed by atoms with Gasteiger partial charge in [0, 0.05) is 11.3 Å². The van der Waals surface area contributed by atoms with Gasteiger partial charge in [0.05, 0.1) is 0 Å². The van der Waals surface area contributed by atoms with Crippen molar-refractivity contribution in [3.05, 3.63) is 71.8 Å². The molecule has 1 amide bonds. The van der Waals surface area contributed by atoms with Crippen LogP contribution in [0.1, 0.15) is 35.7 Å². The predicted molar refractivity (Wildman–Crippen MR) is 84.8 cm³/mol. The Morgan fingerprint density at radius 1 is 1.05 bits per heavy atom. The van der Waals surface area contributed by atoms with Crippen molar-refractivity contribution in [2.75, 3.05) is 5.32 Å². The number of hydrogen-bond donors (Lipinski definition) is 1. The molecule has 0 bridgehead atoms. The fourth-order valence-electron chi connectivity index (χ4n) is 1.92. The molecular formula is C18H19NO. The van der Waals surface area contributed by atoms with Gasteiger partial charge in [-0.1, -0.05) is 61.9 Å². The Bertz CT molecular complexity index is 587. The molecule has 0 saturated heterocycles. The van der Waals surface area contributed by atoms with Gasteiger partial charge in [0.25, 0.3) is 5.91 Å². The molecule has 0 aromatic heterocycles. The minimum atomic E-state index is -0.0815. The van der Waals surface area contributed by atoms with Crippen LogP contribution in [0.3, 0.4) is 0 Å². The SMILES string of the molecule is CCC/C=C/c1ccccc1NC(=O)c1ccccc1. The second-order valence-corrected chi connectivity index (χ2v) is 4.60. The summed E-state index contributed by atoms with van der Waals surface area (Å²) in [7, 11) is 0. The standard InChI is InChI=1S/C18H19NO/c1-2-3-5-10-15-11-8-9-14-17(15)19-18(20)16-12-6-4-7-13-16/h4-14H,2-3H2,1H3,(H,19,20)/b10-5+. The lowest BCUT2D eigenvalue weighted by Gasteiger charge is -2.08. The molecule has 2 aromatic rings. The van der Waals surface area contributed by atoms with Crippen LogP contribution in [-0.4, -0.2) is 5.91 Å². The number of hydrogen-bond acceptors (Lipinski definition) is 1. The van der Waals surface area contributed by atoms with E-state index in [0.29, 0.717) is 5.56 Å². The van der Waals surface area contributed by atoms with Gasteiger partial charge in [0.15, 0.2) is 0 Å². The Morgan fingerprint density at radius 3 is 2.50 bits per heavy atom. The largest absolute Gasteiger partial charge is 0.321 e. The summed E-state index contributed by atoms with van der Waals surface area (Å²) in [6.45, 7) is 2.15. The number of carbonyl (C=O) groups is 1. The number of para-hydroxylation sites is 1. The molecule has 1 N–H and O–H groups in total. The topological polar surface area (TPSA) is 29.1 Å². The third-order valence-corrected chi connectivity index (χ3v) is 3.00. The molecule has 0 spiro atoms. The summed E-state index contributed by atoms with van der Waals surface area (Å²) >= 11 is 0. The van der Waals surface area contributed by atoms with Crippen LogP contribution in [0, 0.1) is 0 Å². The van der Waals surface area contributed by atoms with Gasteiger partial charge in [-0.2, -0.15) is 0 Å². The summed E-state index contributed by atoms with van der Waals surface area (Å²) in [6, 6.07) is 17.1. The minimum absolute atomic E-state index is 0.0815. The highest BCUT2D eigenvalue weighted by molar-refractivity contribution is 6.05. The summed E-state index contributed by atoms with van der Waals surface area (Å²) in [5.41, 5.74) is 2.54. The van der Waals surface area contributed by atoms with Crippen molar-refractivity contribution in [3.8, 4) is 0 Å². The van der Waals surface area contributed by atoms with Crippen LogP contribution in [0.25, 0.3) is 6.08 Å². The molecule has 20 heavy (non-hydrogen) atoms. The van der Waals surface area contributed by atoms with Crippen LogP contribution in [0.5, 0.6) is 0 Å². The van der Waals surface area contributed by atoms with Crippen molar-refractivity contribution in [2.45, 2.75) is 19.8 Å². The number of unbranched alkanes of at least 4 members (excludes halogenated alkanes) is 1. The highest BCUT2D eigenvalue weighted by Gasteiger charge is 2.06. The lowest BCUT2D eigenvalue weighted by atomic mass is 10.1. The average Bonchev–Trinajstić information content (AvgIpc) is 2.50. The Labute approximate surface area is 120 Å². The van der Waals surface area contributed by atoms with E-state index in [1.54, 1.807) is 0 Å². The van der Waals surface area contributed by atoms with Gasteiger partial charge in [-0.15, -0.1) is 0 Å². The van der Waals surface area contributed by atoms with E-state index in [0.717, 1.165) is 24.1 Å². The van der Waals surface area contributed by atoms with E-state index in [9.17, 15) is 4.79 Å². The molecule has 0 aliphatic carbocycles. The van der Waals surface area contributed by atoms with Crippen LogP contribution < -0.4 is 5.32 Å². The monoisotopic (exact) mass is 265 g/mol. The number of carbonyl (C=O) groups excluding carboxylic acids is 1. The van der Waals surface area contributed by atoms with Gasteiger partial charge >= 0.3 is 0 Å². The predicted octanol–water partition coefficient (Wildman–Crippen LogP) is 4.75. The van der Waals surface area contributed by atoms with Gasteiger partial charge in [-0.05, 0) is 30.2 Å². The fraction of sp³-hybridized carbons (Fsp3) is 0.167. The number of nitrogens with one attached hydrogen (secondary N) is 1. The third kappa shape index (κ3) is 3.82. The zero-order chi connectivity index (χ0) is 14.2. The Balaban J connectivity index is 2.15. The Morgan fingerprint density at radius 2 is 1.75 bits per heavy atom. The first-order chi connectivity index (χ1) is 9.81. The summed E-state index contributed by atoms with van der Waals surface area (Å²) in [6.07, 6.45) is 6.35. The Hall–Kier alpha value is -2.35. The van der Waals surface area contributed by atoms with Crippen LogP contribution in [0.15, 0.2) is 60.7 Å². The average molecular weight is 265 g/mol. The first-order valence-corrected chi connectivity index (χ1v) is 6.93. The zero-order valence-electron chi connectivity index (χ0n) is 11.7. The lowest BCUT2D eigenvalue weighted by Crippen LogP contribution is -2.12. The number of amides is 1. The van der Waals surface area contributed by atoms with Gasteiger partial charge in [-0.3, -0.25) is 4.79 Å². The lowest BCUT2D eigenvalue weighted by molar-refractivity contribution is 0.102. The first-order valence-electron chi connectivity index (χ1n) is 6.93. The zero-order valence-corrected chi connectivity index (χ0v) is 11.7.